The molecule has 2 fully saturated rings. The van der Waals surface area contributed by atoms with Crippen molar-refractivity contribution in [2.75, 3.05) is 13.1 Å². The van der Waals surface area contributed by atoms with Crippen LogP contribution in [0.1, 0.15) is 56.8 Å². The van der Waals surface area contributed by atoms with Gasteiger partial charge in [-0.25, -0.2) is 0 Å². The molecule has 6 heteroatoms. The Hall–Kier alpha value is -1.07. The van der Waals surface area contributed by atoms with Crippen LogP contribution in [-0.2, 0) is 17.6 Å². The molecule has 1 aromatic rings. The number of hydrogen-bond acceptors (Lipinski definition) is 3. The Bertz CT molecular complexity index is 606. The third-order valence-corrected chi connectivity index (χ3v) is 6.08. The van der Waals surface area contributed by atoms with E-state index in [4.69, 9.17) is 5.10 Å². The van der Waals surface area contributed by atoms with Gasteiger partial charge in [0.15, 0.2) is 0 Å². The van der Waals surface area contributed by atoms with Gasteiger partial charge in [-0.05, 0) is 70.0 Å². The molecule has 1 saturated heterocycles. The van der Waals surface area contributed by atoms with E-state index in [2.05, 4.69) is 35.4 Å². The van der Waals surface area contributed by atoms with Gasteiger partial charge in [-0.2, -0.15) is 5.10 Å². The molecule has 4 rings (SSSR count). The lowest BCUT2D eigenvalue weighted by Crippen LogP contribution is -2.41. The van der Waals surface area contributed by atoms with Gasteiger partial charge in [0.25, 0.3) is 0 Å². The Morgan fingerprint density at radius 3 is 2.88 bits per heavy atom. The molecule has 3 aliphatic rings. The van der Waals surface area contributed by atoms with Crippen molar-refractivity contribution in [2.45, 2.75) is 64.5 Å². The van der Waals surface area contributed by atoms with E-state index in [1.54, 1.807) is 0 Å². The summed E-state index contributed by atoms with van der Waals surface area (Å²) in [5.74, 6) is 0.558. The summed E-state index contributed by atoms with van der Waals surface area (Å²) in [6, 6.07) is 0.671. The maximum atomic E-state index is 12.6. The van der Waals surface area contributed by atoms with Crippen molar-refractivity contribution in [1.29, 1.82) is 0 Å². The van der Waals surface area contributed by atoms with Gasteiger partial charge >= 0.3 is 0 Å². The number of aromatic nitrogens is 2. The molecule has 134 valence electrons. The molecule has 1 saturated carbocycles. The molecule has 5 nitrogen and oxygen atoms in total. The fraction of sp³-hybridized carbons (Fsp3) is 0.778. The third kappa shape index (κ3) is 3.21. The Balaban J connectivity index is 0.00000169. The SMILES string of the molecule is CC(C)n1cc2c(n1)CC(NC(=O)C1CC13CCNCC3)CC2.Cl. The maximum absolute atomic E-state index is 12.6. The standard InChI is InChI=1S/C18H28N4O.ClH/c1-12(2)22-11-13-3-4-14(9-16(13)21-22)20-17(23)15-10-18(15)5-7-19-8-6-18;/h11-12,14-15,19H,3-10H2,1-2H3,(H,20,23);1H. The number of hydrogen-bond donors (Lipinski definition) is 2. The van der Waals surface area contributed by atoms with Crippen molar-refractivity contribution in [1.82, 2.24) is 20.4 Å². The molecule has 0 aromatic carbocycles. The predicted molar refractivity (Wildman–Crippen MR) is 96.5 cm³/mol. The van der Waals surface area contributed by atoms with E-state index in [1.807, 2.05) is 0 Å². The first-order valence-corrected chi connectivity index (χ1v) is 9.15. The molecule has 24 heavy (non-hydrogen) atoms. The molecule has 1 amide bonds. The topological polar surface area (TPSA) is 59.0 Å². The summed E-state index contributed by atoms with van der Waals surface area (Å²) in [6.45, 7) is 6.46. The number of nitrogens with zero attached hydrogens (tertiary/aromatic N) is 2. The van der Waals surface area contributed by atoms with Crippen molar-refractivity contribution in [2.24, 2.45) is 11.3 Å². The quantitative estimate of drug-likeness (QED) is 0.877. The van der Waals surface area contributed by atoms with E-state index in [1.165, 1.54) is 24.1 Å². The largest absolute Gasteiger partial charge is 0.353 e. The summed E-state index contributed by atoms with van der Waals surface area (Å²) in [5.41, 5.74) is 2.88. The Kier molecular flexibility index (Phi) is 4.94. The van der Waals surface area contributed by atoms with Crippen LogP contribution in [0.3, 0.4) is 0 Å². The number of aryl methyl sites for hydroxylation is 1. The summed E-state index contributed by atoms with van der Waals surface area (Å²) in [6.07, 6.45) is 8.58. The Labute approximate surface area is 150 Å². The van der Waals surface area contributed by atoms with Crippen molar-refractivity contribution >= 4 is 18.3 Å². The predicted octanol–water partition coefficient (Wildman–Crippen LogP) is 2.25. The van der Waals surface area contributed by atoms with E-state index < -0.39 is 0 Å². The number of piperidine rings is 1. The van der Waals surface area contributed by atoms with Gasteiger partial charge in [-0.15, -0.1) is 12.4 Å². The smallest absolute Gasteiger partial charge is 0.223 e. The minimum absolute atomic E-state index is 0. The lowest BCUT2D eigenvalue weighted by Gasteiger charge is -2.25. The van der Waals surface area contributed by atoms with E-state index in [0.717, 1.165) is 38.8 Å². The highest BCUT2D eigenvalue weighted by molar-refractivity contribution is 5.85. The van der Waals surface area contributed by atoms with E-state index in [9.17, 15) is 4.79 Å². The van der Waals surface area contributed by atoms with Crippen LogP contribution in [0, 0.1) is 11.3 Å². The molecule has 2 N–H and O–H groups in total. The second-order valence-electron chi connectivity index (χ2n) is 7.99. The summed E-state index contributed by atoms with van der Waals surface area (Å²) < 4.78 is 2.06. The molecule has 1 spiro atoms. The van der Waals surface area contributed by atoms with Crippen molar-refractivity contribution < 1.29 is 4.79 Å². The normalized spacial score (nSPS) is 27.5. The van der Waals surface area contributed by atoms with Gasteiger partial charge in [0.2, 0.25) is 5.91 Å². The first kappa shape index (κ1) is 17.7. The van der Waals surface area contributed by atoms with Crippen LogP contribution in [0.15, 0.2) is 6.20 Å². The summed E-state index contributed by atoms with van der Waals surface area (Å²) in [5, 5.41) is 11.4. The van der Waals surface area contributed by atoms with Gasteiger partial charge in [-0.1, -0.05) is 0 Å². The number of carbonyl (C=O) groups is 1. The second-order valence-corrected chi connectivity index (χ2v) is 7.99. The Morgan fingerprint density at radius 1 is 1.42 bits per heavy atom. The zero-order chi connectivity index (χ0) is 16.0. The lowest BCUT2D eigenvalue weighted by atomic mass is 9.91. The first-order valence-electron chi connectivity index (χ1n) is 9.15. The first-order chi connectivity index (χ1) is 11.1. The van der Waals surface area contributed by atoms with E-state index in [-0.39, 0.29) is 24.4 Å². The van der Waals surface area contributed by atoms with Gasteiger partial charge in [0.05, 0.1) is 5.69 Å². The highest BCUT2D eigenvalue weighted by Crippen LogP contribution is 2.58. The van der Waals surface area contributed by atoms with Gasteiger partial charge in [0.1, 0.15) is 0 Å². The molecule has 2 heterocycles. The summed E-state index contributed by atoms with van der Waals surface area (Å²) in [4.78, 5) is 12.6. The van der Waals surface area contributed by atoms with E-state index >= 15 is 0 Å². The van der Waals surface area contributed by atoms with Crippen LogP contribution >= 0.6 is 12.4 Å². The van der Waals surface area contributed by atoms with Gasteiger partial charge in [0, 0.05) is 30.6 Å². The molecule has 0 radical (unpaired) electrons. The number of rotatable bonds is 3. The zero-order valence-corrected chi connectivity index (χ0v) is 15.5. The number of carbonyl (C=O) groups excluding carboxylic acids is 1. The fourth-order valence-corrected chi connectivity index (χ4v) is 4.40. The van der Waals surface area contributed by atoms with Crippen molar-refractivity contribution in [3.8, 4) is 0 Å². The number of nitrogens with one attached hydrogen (secondary N) is 2. The third-order valence-electron chi connectivity index (χ3n) is 6.08. The minimum Gasteiger partial charge on any atom is -0.353 e. The molecular formula is C18H29ClN4O. The van der Waals surface area contributed by atoms with Crippen LogP contribution in [-0.4, -0.2) is 34.8 Å². The van der Waals surface area contributed by atoms with Crippen LogP contribution in [0.2, 0.25) is 0 Å². The number of fused-ring (bicyclic) bond motifs is 1. The molecule has 2 aliphatic carbocycles. The Morgan fingerprint density at radius 2 is 2.17 bits per heavy atom. The highest BCUT2D eigenvalue weighted by Gasteiger charge is 2.57. The molecule has 1 aromatic heterocycles. The number of amides is 1. The summed E-state index contributed by atoms with van der Waals surface area (Å²) in [7, 11) is 0. The zero-order valence-electron chi connectivity index (χ0n) is 14.7. The van der Waals surface area contributed by atoms with Crippen molar-refractivity contribution in [3.05, 3.63) is 17.5 Å². The number of halogens is 1. The van der Waals surface area contributed by atoms with Crippen LogP contribution in [0.5, 0.6) is 0 Å². The molecule has 1 aliphatic heterocycles. The van der Waals surface area contributed by atoms with Gasteiger partial charge < -0.3 is 10.6 Å². The van der Waals surface area contributed by atoms with E-state index in [0.29, 0.717) is 17.4 Å². The monoisotopic (exact) mass is 352 g/mol. The second kappa shape index (κ2) is 6.68. The molecule has 2 unspecified atom stereocenters. The minimum atomic E-state index is 0. The van der Waals surface area contributed by atoms with Gasteiger partial charge in [-0.3, -0.25) is 9.48 Å². The van der Waals surface area contributed by atoms with Crippen LogP contribution < -0.4 is 10.6 Å². The highest BCUT2D eigenvalue weighted by atomic mass is 35.5. The lowest BCUT2D eigenvalue weighted by molar-refractivity contribution is -0.124. The summed E-state index contributed by atoms with van der Waals surface area (Å²) >= 11 is 0. The maximum Gasteiger partial charge on any atom is 0.223 e. The average Bonchev–Trinajstić information content (AvgIpc) is 3.05. The van der Waals surface area contributed by atoms with Crippen molar-refractivity contribution in [3.63, 3.8) is 0 Å². The fourth-order valence-electron chi connectivity index (χ4n) is 4.40. The molecule has 2 atom stereocenters. The van der Waals surface area contributed by atoms with Crippen LogP contribution in [0.4, 0.5) is 0 Å². The molecule has 0 bridgehead atoms. The van der Waals surface area contributed by atoms with Crippen LogP contribution in [0.25, 0.3) is 0 Å². The average molecular weight is 353 g/mol. The molecular weight excluding hydrogens is 324 g/mol.